The molecule has 1 aliphatic heterocycles. The largest absolute Gasteiger partial charge is 0.387 e. The average molecular weight is 246 g/mol. The van der Waals surface area contributed by atoms with Crippen molar-refractivity contribution >= 4 is 29.4 Å². The Bertz CT molecular complexity index is 217. The summed E-state index contributed by atoms with van der Waals surface area (Å²) in [5.41, 5.74) is 6.08. The lowest BCUT2D eigenvalue weighted by atomic mass is 10.2. The Morgan fingerprint density at radius 1 is 1.40 bits per heavy atom. The Labute approximate surface area is 102 Å². The van der Waals surface area contributed by atoms with E-state index in [0.29, 0.717) is 16.4 Å². The first-order chi connectivity index (χ1) is 7.15. The van der Waals surface area contributed by atoms with Crippen LogP contribution in [0.25, 0.3) is 0 Å². The minimum absolute atomic E-state index is 0.451. The van der Waals surface area contributed by atoms with E-state index in [4.69, 9.17) is 5.73 Å². The van der Waals surface area contributed by atoms with Crippen LogP contribution in [-0.4, -0.2) is 34.4 Å². The lowest BCUT2D eigenvalue weighted by molar-refractivity contribution is 0.663. The molecule has 0 saturated carbocycles. The molecule has 4 heteroatoms. The third-order valence-electron chi connectivity index (χ3n) is 2.38. The van der Waals surface area contributed by atoms with Crippen molar-refractivity contribution in [2.45, 2.75) is 37.7 Å². The molecule has 1 rings (SSSR count). The highest BCUT2D eigenvalue weighted by Crippen LogP contribution is 2.33. The van der Waals surface area contributed by atoms with Gasteiger partial charge in [0.1, 0.15) is 5.84 Å². The molecule has 0 amide bonds. The summed E-state index contributed by atoms with van der Waals surface area (Å²) < 4.78 is 0. The number of rotatable bonds is 4. The second-order valence-electron chi connectivity index (χ2n) is 4.27. The number of nitrogens with two attached hydrogens (primary N) is 1. The Morgan fingerprint density at radius 2 is 2.07 bits per heavy atom. The Morgan fingerprint density at radius 3 is 2.67 bits per heavy atom. The lowest BCUT2D eigenvalue weighted by Crippen LogP contribution is -2.38. The smallest absolute Gasteiger partial charge is 0.108 e. The van der Waals surface area contributed by atoms with Crippen LogP contribution in [0.2, 0.25) is 0 Å². The zero-order valence-electron chi connectivity index (χ0n) is 9.90. The summed E-state index contributed by atoms with van der Waals surface area (Å²) in [7, 11) is 0. The average Bonchev–Trinajstić information content (AvgIpc) is 2.25. The maximum absolute atomic E-state index is 6.08. The standard InChI is InChI=1S/C11H22N2S2/c1-4-9-10(15-6-5-14-9)11(12)13-7-8(2)3/h8-10H,4-7H2,1-3H3,(H2,12,13). The van der Waals surface area contributed by atoms with Gasteiger partial charge in [0, 0.05) is 23.3 Å². The molecule has 0 aromatic heterocycles. The fraction of sp³-hybridized carbons (Fsp3) is 0.909. The van der Waals surface area contributed by atoms with E-state index in [1.807, 2.05) is 11.8 Å². The van der Waals surface area contributed by atoms with E-state index < -0.39 is 0 Å². The summed E-state index contributed by atoms with van der Waals surface area (Å²) in [4.78, 5) is 4.51. The normalized spacial score (nSPS) is 28.4. The molecule has 2 nitrogen and oxygen atoms in total. The monoisotopic (exact) mass is 246 g/mol. The summed E-state index contributed by atoms with van der Waals surface area (Å²) >= 11 is 4.03. The van der Waals surface area contributed by atoms with E-state index >= 15 is 0 Å². The van der Waals surface area contributed by atoms with Gasteiger partial charge in [-0.05, 0) is 12.3 Å². The van der Waals surface area contributed by atoms with E-state index in [1.54, 1.807) is 0 Å². The van der Waals surface area contributed by atoms with Crippen LogP contribution in [0.5, 0.6) is 0 Å². The molecule has 2 atom stereocenters. The van der Waals surface area contributed by atoms with Crippen molar-refractivity contribution in [3.8, 4) is 0 Å². The first kappa shape index (κ1) is 13.2. The second-order valence-corrected chi connectivity index (χ2v) is 6.86. The van der Waals surface area contributed by atoms with Gasteiger partial charge in [0.25, 0.3) is 0 Å². The number of hydrogen-bond donors (Lipinski definition) is 1. The quantitative estimate of drug-likeness (QED) is 0.612. The van der Waals surface area contributed by atoms with E-state index in [1.165, 1.54) is 17.9 Å². The van der Waals surface area contributed by atoms with Gasteiger partial charge in [0.15, 0.2) is 0 Å². The van der Waals surface area contributed by atoms with Gasteiger partial charge in [-0.3, -0.25) is 4.99 Å². The molecule has 1 aliphatic rings. The van der Waals surface area contributed by atoms with Gasteiger partial charge in [0.2, 0.25) is 0 Å². The van der Waals surface area contributed by atoms with Crippen LogP contribution >= 0.6 is 23.5 Å². The number of thioether (sulfide) groups is 2. The van der Waals surface area contributed by atoms with Crippen molar-refractivity contribution in [3.05, 3.63) is 0 Å². The topological polar surface area (TPSA) is 38.4 Å². The molecule has 0 bridgehead atoms. The van der Waals surface area contributed by atoms with Crippen molar-refractivity contribution in [2.75, 3.05) is 18.1 Å². The predicted octanol–water partition coefficient (Wildman–Crippen LogP) is 2.63. The molecule has 2 unspecified atom stereocenters. The van der Waals surface area contributed by atoms with Crippen LogP contribution in [0, 0.1) is 5.92 Å². The molecule has 15 heavy (non-hydrogen) atoms. The lowest BCUT2D eigenvalue weighted by Gasteiger charge is -2.29. The van der Waals surface area contributed by atoms with Gasteiger partial charge < -0.3 is 5.73 Å². The molecule has 1 heterocycles. The predicted molar refractivity (Wildman–Crippen MR) is 74.1 cm³/mol. The zero-order valence-corrected chi connectivity index (χ0v) is 11.5. The fourth-order valence-electron chi connectivity index (χ4n) is 1.56. The van der Waals surface area contributed by atoms with E-state index in [2.05, 4.69) is 37.5 Å². The summed E-state index contributed by atoms with van der Waals surface area (Å²) in [5.74, 6) is 3.94. The van der Waals surface area contributed by atoms with Crippen LogP contribution in [0.15, 0.2) is 4.99 Å². The molecule has 2 N–H and O–H groups in total. The van der Waals surface area contributed by atoms with Crippen LogP contribution in [0.1, 0.15) is 27.2 Å². The summed E-state index contributed by atoms with van der Waals surface area (Å²) in [5, 5.41) is 1.12. The van der Waals surface area contributed by atoms with Crippen molar-refractivity contribution in [1.29, 1.82) is 0 Å². The molecule has 0 aromatic rings. The molecule has 0 aromatic carbocycles. The highest BCUT2D eigenvalue weighted by atomic mass is 32.2. The van der Waals surface area contributed by atoms with Crippen molar-refractivity contribution < 1.29 is 0 Å². The number of aliphatic imine (C=N–C) groups is 1. The van der Waals surface area contributed by atoms with Gasteiger partial charge in [-0.25, -0.2) is 0 Å². The molecular formula is C11H22N2S2. The van der Waals surface area contributed by atoms with Gasteiger partial charge in [-0.2, -0.15) is 11.8 Å². The number of amidine groups is 1. The highest BCUT2D eigenvalue weighted by Gasteiger charge is 2.27. The summed E-state index contributed by atoms with van der Waals surface area (Å²) in [6.07, 6.45) is 1.19. The zero-order chi connectivity index (χ0) is 11.3. The first-order valence-corrected chi connectivity index (χ1v) is 7.78. The summed E-state index contributed by atoms with van der Waals surface area (Å²) in [6.45, 7) is 7.46. The van der Waals surface area contributed by atoms with Crippen LogP contribution < -0.4 is 5.73 Å². The number of hydrogen-bond acceptors (Lipinski definition) is 3. The van der Waals surface area contributed by atoms with Crippen LogP contribution in [0.3, 0.4) is 0 Å². The molecule has 0 radical (unpaired) electrons. The SMILES string of the molecule is CCC1SCCSC1C(N)=NCC(C)C. The molecule has 0 spiro atoms. The van der Waals surface area contributed by atoms with Crippen molar-refractivity contribution in [3.63, 3.8) is 0 Å². The van der Waals surface area contributed by atoms with E-state index in [-0.39, 0.29) is 0 Å². The minimum Gasteiger partial charge on any atom is -0.387 e. The maximum atomic E-state index is 6.08. The molecule has 0 aliphatic carbocycles. The number of nitrogens with zero attached hydrogens (tertiary/aromatic N) is 1. The Hall–Kier alpha value is 0.170. The summed E-state index contributed by atoms with van der Waals surface area (Å²) in [6, 6.07) is 0. The Balaban J connectivity index is 2.54. The minimum atomic E-state index is 0.451. The molecule has 1 saturated heterocycles. The highest BCUT2D eigenvalue weighted by molar-refractivity contribution is 8.07. The van der Waals surface area contributed by atoms with Gasteiger partial charge >= 0.3 is 0 Å². The van der Waals surface area contributed by atoms with E-state index in [0.717, 1.165) is 12.4 Å². The fourth-order valence-corrected chi connectivity index (χ4v) is 4.56. The van der Waals surface area contributed by atoms with Gasteiger partial charge in [-0.15, -0.1) is 11.8 Å². The molecular weight excluding hydrogens is 224 g/mol. The van der Waals surface area contributed by atoms with Crippen molar-refractivity contribution in [2.24, 2.45) is 16.6 Å². The molecule has 1 fully saturated rings. The molecule has 88 valence electrons. The third kappa shape index (κ3) is 4.27. The van der Waals surface area contributed by atoms with Crippen LogP contribution in [-0.2, 0) is 0 Å². The second kappa shape index (κ2) is 6.69. The van der Waals surface area contributed by atoms with Crippen LogP contribution in [0.4, 0.5) is 0 Å². The first-order valence-electron chi connectivity index (χ1n) is 5.68. The third-order valence-corrected chi connectivity index (χ3v) is 5.66. The Kier molecular flexibility index (Phi) is 5.90. The van der Waals surface area contributed by atoms with Gasteiger partial charge in [-0.1, -0.05) is 20.8 Å². The van der Waals surface area contributed by atoms with E-state index in [9.17, 15) is 0 Å². The van der Waals surface area contributed by atoms with Gasteiger partial charge in [0.05, 0.1) is 5.25 Å². The maximum Gasteiger partial charge on any atom is 0.108 e. The van der Waals surface area contributed by atoms with Crippen molar-refractivity contribution in [1.82, 2.24) is 0 Å².